The molecular weight excluding hydrogens is 280 g/mol. The van der Waals surface area contributed by atoms with E-state index in [-0.39, 0.29) is 18.5 Å². The van der Waals surface area contributed by atoms with Gasteiger partial charge < -0.3 is 14.9 Å². The largest absolute Gasteiger partial charge is 0.394 e. The van der Waals surface area contributed by atoms with Crippen LogP contribution in [-0.4, -0.2) is 34.8 Å². The van der Waals surface area contributed by atoms with Crippen LogP contribution in [0.15, 0.2) is 54.6 Å². The van der Waals surface area contributed by atoms with E-state index < -0.39 is 12.2 Å². The molecule has 1 aliphatic heterocycles. The van der Waals surface area contributed by atoms with E-state index in [4.69, 9.17) is 9.84 Å². The quantitative estimate of drug-likeness (QED) is 0.848. The first-order valence-electron chi connectivity index (χ1n) is 7.33. The van der Waals surface area contributed by atoms with Gasteiger partial charge in [-0.15, -0.1) is 0 Å². The fourth-order valence-corrected chi connectivity index (χ4v) is 2.71. The fourth-order valence-electron chi connectivity index (χ4n) is 2.71. The van der Waals surface area contributed by atoms with Gasteiger partial charge in [-0.25, -0.2) is 0 Å². The van der Waals surface area contributed by atoms with Crippen LogP contribution in [0.1, 0.15) is 34.0 Å². The summed E-state index contributed by atoms with van der Waals surface area (Å²) in [6.45, 7) is -0.192. The second-order valence-electron chi connectivity index (χ2n) is 5.47. The Labute approximate surface area is 129 Å². The summed E-state index contributed by atoms with van der Waals surface area (Å²) in [4.78, 5) is 12.3. The van der Waals surface area contributed by atoms with Crippen molar-refractivity contribution < 1.29 is 19.7 Å². The maximum atomic E-state index is 12.3. The van der Waals surface area contributed by atoms with E-state index in [0.29, 0.717) is 17.5 Å². The van der Waals surface area contributed by atoms with Crippen LogP contribution in [0, 0.1) is 0 Å². The SMILES string of the molecule is O=C(c1ccccc1)c1ccc([C@@H]2C[C@H](O)[C@@H](CO)O2)cc1. The van der Waals surface area contributed by atoms with Crippen molar-refractivity contribution in [3.8, 4) is 0 Å². The number of hydrogen-bond acceptors (Lipinski definition) is 4. The van der Waals surface area contributed by atoms with Gasteiger partial charge in [0.15, 0.2) is 5.78 Å². The van der Waals surface area contributed by atoms with Crippen LogP contribution >= 0.6 is 0 Å². The summed E-state index contributed by atoms with van der Waals surface area (Å²) in [5.41, 5.74) is 2.18. The molecular formula is C18H18O4. The van der Waals surface area contributed by atoms with E-state index in [2.05, 4.69) is 0 Å². The highest BCUT2D eigenvalue weighted by atomic mass is 16.5. The topological polar surface area (TPSA) is 66.8 Å². The Morgan fingerprint density at radius 3 is 2.27 bits per heavy atom. The summed E-state index contributed by atoms with van der Waals surface area (Å²) in [5, 5.41) is 18.9. The number of hydrogen-bond donors (Lipinski definition) is 2. The van der Waals surface area contributed by atoms with Gasteiger partial charge >= 0.3 is 0 Å². The van der Waals surface area contributed by atoms with Gasteiger partial charge in [-0.1, -0.05) is 54.6 Å². The molecule has 1 fully saturated rings. The summed E-state index contributed by atoms with van der Waals surface area (Å²) in [6, 6.07) is 16.4. The number of benzene rings is 2. The standard InChI is InChI=1S/C18H18O4/c19-11-17-15(20)10-16(22-17)12-6-8-14(9-7-12)18(21)13-4-2-1-3-5-13/h1-9,15-17,19-20H,10-11H2/t15-,16-,17+/m0/s1. The van der Waals surface area contributed by atoms with Crippen LogP contribution in [0.3, 0.4) is 0 Å². The second kappa shape index (κ2) is 6.40. The van der Waals surface area contributed by atoms with Gasteiger partial charge in [0.25, 0.3) is 0 Å². The molecule has 0 spiro atoms. The molecule has 0 aliphatic carbocycles. The normalized spacial score (nSPS) is 24.4. The molecule has 1 saturated heterocycles. The van der Waals surface area contributed by atoms with E-state index in [1.807, 2.05) is 30.3 Å². The predicted molar refractivity (Wildman–Crippen MR) is 81.6 cm³/mol. The van der Waals surface area contributed by atoms with Crippen molar-refractivity contribution in [3.63, 3.8) is 0 Å². The van der Waals surface area contributed by atoms with E-state index >= 15 is 0 Å². The first-order valence-corrected chi connectivity index (χ1v) is 7.33. The van der Waals surface area contributed by atoms with Gasteiger partial charge in [-0.2, -0.15) is 0 Å². The Morgan fingerprint density at radius 2 is 1.68 bits per heavy atom. The van der Waals surface area contributed by atoms with Crippen LogP contribution in [0.25, 0.3) is 0 Å². The zero-order valence-corrected chi connectivity index (χ0v) is 12.1. The molecule has 22 heavy (non-hydrogen) atoms. The minimum absolute atomic E-state index is 0.0206. The zero-order chi connectivity index (χ0) is 15.5. The number of carbonyl (C=O) groups is 1. The molecule has 4 heteroatoms. The number of aliphatic hydroxyl groups excluding tert-OH is 2. The first-order chi connectivity index (χ1) is 10.7. The van der Waals surface area contributed by atoms with Crippen molar-refractivity contribution in [2.45, 2.75) is 24.7 Å². The fraction of sp³-hybridized carbons (Fsp3) is 0.278. The maximum absolute atomic E-state index is 12.3. The van der Waals surface area contributed by atoms with E-state index in [9.17, 15) is 9.90 Å². The number of ketones is 1. The van der Waals surface area contributed by atoms with Crippen LogP contribution < -0.4 is 0 Å². The number of ether oxygens (including phenoxy) is 1. The van der Waals surface area contributed by atoms with Gasteiger partial charge in [-0.3, -0.25) is 4.79 Å². The monoisotopic (exact) mass is 298 g/mol. The molecule has 1 heterocycles. The lowest BCUT2D eigenvalue weighted by Crippen LogP contribution is -2.24. The molecule has 4 nitrogen and oxygen atoms in total. The number of rotatable bonds is 4. The lowest BCUT2D eigenvalue weighted by molar-refractivity contribution is -0.0225. The molecule has 0 radical (unpaired) electrons. The zero-order valence-electron chi connectivity index (χ0n) is 12.1. The van der Waals surface area contributed by atoms with Crippen molar-refractivity contribution in [1.29, 1.82) is 0 Å². The van der Waals surface area contributed by atoms with E-state index in [1.54, 1.807) is 24.3 Å². The molecule has 0 amide bonds. The molecule has 2 aromatic carbocycles. The summed E-state index contributed by atoms with van der Waals surface area (Å²) in [5.74, 6) is -0.0206. The Bertz CT molecular complexity index is 636. The second-order valence-corrected chi connectivity index (χ2v) is 5.47. The highest BCUT2D eigenvalue weighted by Gasteiger charge is 2.34. The van der Waals surface area contributed by atoms with Crippen LogP contribution in [0.5, 0.6) is 0 Å². The van der Waals surface area contributed by atoms with Crippen LogP contribution in [0.4, 0.5) is 0 Å². The summed E-state index contributed by atoms with van der Waals surface area (Å²) >= 11 is 0. The Balaban J connectivity index is 1.75. The average molecular weight is 298 g/mol. The molecule has 1 aliphatic rings. The van der Waals surface area contributed by atoms with Gasteiger partial charge in [0.05, 0.1) is 18.8 Å². The first kappa shape index (κ1) is 14.9. The molecule has 2 N–H and O–H groups in total. The molecule has 0 bridgehead atoms. The molecule has 2 aromatic rings. The molecule has 0 aromatic heterocycles. The maximum Gasteiger partial charge on any atom is 0.193 e. The third kappa shape index (κ3) is 2.95. The predicted octanol–water partition coefficient (Wildman–Crippen LogP) is 2.10. The lowest BCUT2D eigenvalue weighted by Gasteiger charge is -2.12. The van der Waals surface area contributed by atoms with Crippen molar-refractivity contribution in [3.05, 3.63) is 71.3 Å². The average Bonchev–Trinajstić information content (AvgIpc) is 2.96. The lowest BCUT2D eigenvalue weighted by atomic mass is 9.99. The van der Waals surface area contributed by atoms with E-state index in [1.165, 1.54) is 0 Å². The summed E-state index contributed by atoms with van der Waals surface area (Å²) in [7, 11) is 0. The van der Waals surface area contributed by atoms with Crippen molar-refractivity contribution >= 4 is 5.78 Å². The summed E-state index contributed by atoms with van der Waals surface area (Å²) < 4.78 is 5.61. The minimum Gasteiger partial charge on any atom is -0.394 e. The molecule has 3 atom stereocenters. The Kier molecular flexibility index (Phi) is 4.34. The smallest absolute Gasteiger partial charge is 0.193 e. The Morgan fingerprint density at radius 1 is 1.05 bits per heavy atom. The number of aliphatic hydroxyl groups is 2. The van der Waals surface area contributed by atoms with Crippen LogP contribution in [-0.2, 0) is 4.74 Å². The van der Waals surface area contributed by atoms with E-state index in [0.717, 1.165) is 5.56 Å². The third-order valence-corrected chi connectivity index (χ3v) is 3.98. The minimum atomic E-state index is -0.652. The van der Waals surface area contributed by atoms with Crippen molar-refractivity contribution in [2.24, 2.45) is 0 Å². The number of carbonyl (C=O) groups excluding carboxylic acids is 1. The summed E-state index contributed by atoms with van der Waals surface area (Å²) in [6.07, 6.45) is -0.971. The molecule has 0 unspecified atom stereocenters. The van der Waals surface area contributed by atoms with Gasteiger partial charge in [0.1, 0.15) is 6.10 Å². The molecule has 3 rings (SSSR count). The van der Waals surface area contributed by atoms with Crippen molar-refractivity contribution in [2.75, 3.05) is 6.61 Å². The van der Waals surface area contributed by atoms with Gasteiger partial charge in [0, 0.05) is 17.5 Å². The third-order valence-electron chi connectivity index (χ3n) is 3.98. The van der Waals surface area contributed by atoms with Gasteiger partial charge in [0.2, 0.25) is 0 Å². The van der Waals surface area contributed by atoms with Crippen molar-refractivity contribution in [1.82, 2.24) is 0 Å². The van der Waals surface area contributed by atoms with Crippen LogP contribution in [0.2, 0.25) is 0 Å². The molecule has 114 valence electrons. The Hall–Kier alpha value is -2.01. The highest BCUT2D eigenvalue weighted by Crippen LogP contribution is 2.33. The molecule has 0 saturated carbocycles. The van der Waals surface area contributed by atoms with Gasteiger partial charge in [-0.05, 0) is 5.56 Å². The highest BCUT2D eigenvalue weighted by molar-refractivity contribution is 6.08.